The van der Waals surface area contributed by atoms with Crippen molar-refractivity contribution in [3.63, 3.8) is 0 Å². The summed E-state index contributed by atoms with van der Waals surface area (Å²) in [5.74, 6) is -5.97. The van der Waals surface area contributed by atoms with Gasteiger partial charge in [-0.05, 0) is 33.1 Å². The van der Waals surface area contributed by atoms with Crippen LogP contribution in [0, 0.1) is 5.92 Å². The van der Waals surface area contributed by atoms with Crippen molar-refractivity contribution in [2.45, 2.75) is 86.8 Å². The van der Waals surface area contributed by atoms with E-state index < -0.39 is 90.8 Å². The third kappa shape index (κ3) is 6.30. The molecule has 1 aliphatic rings. The number of esters is 2. The van der Waals surface area contributed by atoms with Gasteiger partial charge in [0, 0.05) is 18.1 Å². The molecule has 0 spiro atoms. The highest BCUT2D eigenvalue weighted by Crippen LogP contribution is 2.56. The van der Waals surface area contributed by atoms with Crippen LogP contribution < -0.4 is 0 Å². The summed E-state index contributed by atoms with van der Waals surface area (Å²) in [6.45, 7) is 5.96. The second-order valence-corrected chi connectivity index (χ2v) is 8.95. The number of hydrogen-bond acceptors (Lipinski definition) is 6. The second kappa shape index (κ2) is 10.8. The van der Waals surface area contributed by atoms with Gasteiger partial charge in [0.1, 0.15) is 0 Å². The van der Waals surface area contributed by atoms with Crippen molar-refractivity contribution in [3.8, 4) is 0 Å². The fourth-order valence-corrected chi connectivity index (χ4v) is 4.27. The number of alkyl halides is 12. The van der Waals surface area contributed by atoms with Gasteiger partial charge in [-0.25, -0.2) is 9.59 Å². The van der Waals surface area contributed by atoms with Gasteiger partial charge < -0.3 is 19.3 Å². The lowest BCUT2D eigenvalue weighted by molar-refractivity contribution is -0.427. The number of aliphatic hydroxyl groups is 1. The Balaban J connectivity index is 3.65. The van der Waals surface area contributed by atoms with Gasteiger partial charge >= 0.3 is 36.6 Å². The molecule has 0 saturated heterocycles. The van der Waals surface area contributed by atoms with Gasteiger partial charge in [-0.3, -0.25) is 0 Å². The van der Waals surface area contributed by atoms with Gasteiger partial charge in [-0.2, -0.15) is 52.7 Å². The normalized spacial score (nSPS) is 20.8. The molecule has 3 unspecified atom stereocenters. The van der Waals surface area contributed by atoms with Gasteiger partial charge in [0.15, 0.2) is 11.7 Å². The first kappa shape index (κ1) is 34.5. The SMILES string of the molecule is C=CC(=O)OC(C1CCC(OC(C(F)(F)F)(C(F)(F)F)C(C)(C)OC(=O)C=C)C1)C(O)(C(F)(F)F)C(F)(F)F. The Kier molecular flexibility index (Phi) is 9.58. The summed E-state index contributed by atoms with van der Waals surface area (Å²) >= 11 is 0. The van der Waals surface area contributed by atoms with Crippen LogP contribution in [0.1, 0.15) is 33.1 Å². The molecule has 1 fully saturated rings. The Bertz CT molecular complexity index is 904. The predicted octanol–water partition coefficient (Wildman–Crippen LogP) is 5.50. The van der Waals surface area contributed by atoms with Crippen LogP contribution in [0.4, 0.5) is 52.7 Å². The number of carbonyl (C=O) groups excluding carboxylic acids is 2. The minimum atomic E-state index is -6.57. The van der Waals surface area contributed by atoms with Gasteiger partial charge in [0.25, 0.3) is 11.2 Å². The Hall–Kier alpha value is -2.50. The van der Waals surface area contributed by atoms with Gasteiger partial charge in [-0.15, -0.1) is 0 Å². The fraction of sp³-hybridized carbons (Fsp3) is 0.714. The molecule has 39 heavy (non-hydrogen) atoms. The lowest BCUT2D eigenvalue weighted by Gasteiger charge is -2.47. The van der Waals surface area contributed by atoms with Crippen molar-refractivity contribution in [2.24, 2.45) is 5.92 Å². The first-order valence-electron chi connectivity index (χ1n) is 10.6. The molecule has 6 nitrogen and oxygen atoms in total. The minimum Gasteiger partial charge on any atom is -0.455 e. The van der Waals surface area contributed by atoms with Gasteiger partial charge in [0.2, 0.25) is 0 Å². The molecule has 1 rings (SSSR count). The Morgan fingerprint density at radius 1 is 0.795 bits per heavy atom. The van der Waals surface area contributed by atoms with E-state index in [1.54, 1.807) is 0 Å². The topological polar surface area (TPSA) is 82.1 Å². The summed E-state index contributed by atoms with van der Waals surface area (Å²) in [5.41, 5.74) is -14.7. The summed E-state index contributed by atoms with van der Waals surface area (Å²) in [4.78, 5) is 23.1. The first-order valence-corrected chi connectivity index (χ1v) is 10.6. The lowest BCUT2D eigenvalue weighted by atomic mass is 9.82. The van der Waals surface area contributed by atoms with Crippen molar-refractivity contribution in [1.29, 1.82) is 0 Å². The van der Waals surface area contributed by atoms with Crippen molar-refractivity contribution < 1.29 is 81.6 Å². The predicted molar refractivity (Wildman–Crippen MR) is 105 cm³/mol. The smallest absolute Gasteiger partial charge is 0.430 e. The molecule has 0 heterocycles. The van der Waals surface area contributed by atoms with E-state index in [1.807, 2.05) is 0 Å². The fourth-order valence-electron chi connectivity index (χ4n) is 4.27. The highest BCUT2D eigenvalue weighted by molar-refractivity contribution is 5.82. The second-order valence-electron chi connectivity index (χ2n) is 8.95. The number of hydrogen-bond donors (Lipinski definition) is 1. The Morgan fingerprint density at radius 3 is 1.59 bits per heavy atom. The highest BCUT2D eigenvalue weighted by Gasteiger charge is 2.81. The molecule has 1 saturated carbocycles. The van der Waals surface area contributed by atoms with Crippen LogP contribution in [0.25, 0.3) is 0 Å². The monoisotopic (exact) mass is 598 g/mol. The molecular formula is C21H22F12O6. The number of halogens is 12. The average molecular weight is 598 g/mol. The van der Waals surface area contributed by atoms with Gasteiger partial charge in [0.05, 0.1) is 6.10 Å². The summed E-state index contributed by atoms with van der Waals surface area (Å²) in [6.07, 6.45) is -35.0. The van der Waals surface area contributed by atoms with Crippen molar-refractivity contribution >= 4 is 11.9 Å². The molecule has 0 aromatic heterocycles. The molecule has 226 valence electrons. The van der Waals surface area contributed by atoms with Crippen LogP contribution >= 0.6 is 0 Å². The molecule has 3 atom stereocenters. The highest BCUT2D eigenvalue weighted by atomic mass is 19.4. The van der Waals surface area contributed by atoms with Crippen molar-refractivity contribution in [3.05, 3.63) is 25.3 Å². The van der Waals surface area contributed by atoms with Crippen LogP contribution in [0.15, 0.2) is 25.3 Å². The van der Waals surface area contributed by atoms with Crippen molar-refractivity contribution in [2.75, 3.05) is 0 Å². The summed E-state index contributed by atoms with van der Waals surface area (Å²) in [5, 5.41) is 9.75. The zero-order valence-electron chi connectivity index (χ0n) is 19.9. The molecule has 1 aliphatic carbocycles. The molecule has 1 N–H and O–H groups in total. The number of carbonyl (C=O) groups is 2. The average Bonchev–Trinajstić information content (AvgIpc) is 3.19. The third-order valence-corrected chi connectivity index (χ3v) is 6.05. The first-order chi connectivity index (χ1) is 17.2. The Labute approximate surface area is 212 Å². The molecule has 0 radical (unpaired) electrons. The van der Waals surface area contributed by atoms with E-state index in [9.17, 15) is 67.4 Å². The van der Waals surface area contributed by atoms with E-state index in [4.69, 9.17) is 0 Å². The van der Waals surface area contributed by atoms with Gasteiger partial charge in [-0.1, -0.05) is 13.2 Å². The lowest BCUT2D eigenvalue weighted by Crippen LogP contribution is -2.72. The zero-order chi connectivity index (χ0) is 31.0. The third-order valence-electron chi connectivity index (χ3n) is 6.05. The summed E-state index contributed by atoms with van der Waals surface area (Å²) < 4.78 is 178. The van der Waals surface area contributed by atoms with Crippen LogP contribution in [0.5, 0.6) is 0 Å². The zero-order valence-corrected chi connectivity index (χ0v) is 19.9. The summed E-state index contributed by atoms with van der Waals surface area (Å²) in [7, 11) is 0. The number of rotatable bonds is 9. The molecule has 0 aromatic carbocycles. The van der Waals surface area contributed by atoms with E-state index in [0.717, 1.165) is 0 Å². The summed E-state index contributed by atoms with van der Waals surface area (Å²) in [6, 6.07) is 0. The minimum absolute atomic E-state index is 0.123. The van der Waals surface area contributed by atoms with Crippen LogP contribution in [0.2, 0.25) is 0 Å². The van der Waals surface area contributed by atoms with Crippen molar-refractivity contribution in [1.82, 2.24) is 0 Å². The molecule has 18 heteroatoms. The molecular weight excluding hydrogens is 576 g/mol. The van der Waals surface area contributed by atoms with Crippen LogP contribution in [0.3, 0.4) is 0 Å². The Morgan fingerprint density at radius 2 is 1.23 bits per heavy atom. The largest absolute Gasteiger partial charge is 0.455 e. The van der Waals surface area contributed by atoms with E-state index in [2.05, 4.69) is 27.4 Å². The molecule has 0 amide bonds. The van der Waals surface area contributed by atoms with E-state index in [1.165, 1.54) is 0 Å². The molecule has 0 aliphatic heterocycles. The molecule has 0 bridgehead atoms. The quantitative estimate of drug-likeness (QED) is 0.215. The number of ether oxygens (including phenoxy) is 3. The maximum absolute atomic E-state index is 14.1. The van der Waals surface area contributed by atoms with E-state index in [-0.39, 0.29) is 26.0 Å². The van der Waals surface area contributed by atoms with E-state index >= 15 is 0 Å². The maximum atomic E-state index is 14.1. The van der Waals surface area contributed by atoms with Crippen LogP contribution in [-0.4, -0.2) is 70.8 Å². The molecule has 0 aromatic rings. The van der Waals surface area contributed by atoms with Crippen LogP contribution in [-0.2, 0) is 23.8 Å². The standard InChI is InChI=1S/C21H22F12O6/c1-5-12(34)37-14(16(36,18(22,23)24)19(25,26)27)10-7-8-11(9-10)38-17(20(28,29)30,21(31,32)33)15(3,4)39-13(35)6-2/h5-6,10-11,14,36H,1-2,7-9H2,3-4H3. The maximum Gasteiger partial charge on any atom is 0.430 e. The van der Waals surface area contributed by atoms with E-state index in [0.29, 0.717) is 0 Å².